The zero-order chi connectivity index (χ0) is 73.7. The van der Waals surface area contributed by atoms with Crippen molar-refractivity contribution in [2.45, 2.75) is 360 Å². The molecule has 0 bridgehead atoms. The van der Waals surface area contributed by atoms with Crippen LogP contribution in [-0.2, 0) is 55.8 Å². The third kappa shape index (κ3) is 77.1. The van der Waals surface area contributed by atoms with Crippen molar-refractivity contribution < 1.29 is 75.8 Å². The van der Waals surface area contributed by atoms with Crippen LogP contribution in [0.15, 0.2) is 109 Å². The first-order chi connectivity index (χ1) is 49.2. The Hall–Kier alpha value is -3.79. The molecule has 0 heterocycles. The van der Waals surface area contributed by atoms with Crippen LogP contribution < -0.4 is 0 Å². The van der Waals surface area contributed by atoms with Gasteiger partial charge in [0.15, 0.2) is 6.10 Å². The number of aliphatic hydroxyl groups excluding tert-OH is 2. The van der Waals surface area contributed by atoms with E-state index in [2.05, 4.69) is 130 Å². The maximum atomic E-state index is 12.9. The normalized spacial score (nSPS) is 14.6. The van der Waals surface area contributed by atoms with Gasteiger partial charge < -0.3 is 34.2 Å². The van der Waals surface area contributed by atoms with Gasteiger partial charge in [0.1, 0.15) is 25.4 Å². The number of allylic oxidation sites excluding steroid dienone is 18. The maximum absolute atomic E-state index is 12.9. The van der Waals surface area contributed by atoms with Gasteiger partial charge in [-0.25, -0.2) is 9.13 Å². The molecule has 0 aliphatic carbocycles. The van der Waals surface area contributed by atoms with E-state index >= 15 is 0 Å². The Morgan fingerprint density at radius 3 is 0.832 bits per heavy atom. The minimum atomic E-state index is -4.93. The van der Waals surface area contributed by atoms with Crippen LogP contribution in [-0.4, -0.2) is 95.9 Å². The van der Waals surface area contributed by atoms with Gasteiger partial charge in [-0.2, -0.15) is 0 Å². The minimum Gasteiger partial charge on any atom is -0.463 e. The van der Waals surface area contributed by atoms with Gasteiger partial charge in [0.2, 0.25) is 0 Å². The predicted molar refractivity (Wildman–Crippen MR) is 417 cm³/mol. The topological polar surface area (TPSA) is 231 Å². The predicted octanol–water partition coefficient (Wildman–Crippen LogP) is 23.5. The third-order valence-electron chi connectivity index (χ3n) is 17.0. The zero-order valence-electron chi connectivity index (χ0n) is 63.8. The van der Waals surface area contributed by atoms with Crippen LogP contribution >= 0.6 is 15.6 Å². The summed E-state index contributed by atoms with van der Waals surface area (Å²) in [4.78, 5) is 58.5. The number of rotatable bonds is 76. The highest BCUT2D eigenvalue weighted by Gasteiger charge is 2.29. The lowest BCUT2D eigenvalue weighted by Gasteiger charge is -2.21. The number of phosphoric ester groups is 2. The Morgan fingerprint density at radius 1 is 0.287 bits per heavy atom. The van der Waals surface area contributed by atoms with Crippen LogP contribution in [0.3, 0.4) is 0 Å². The van der Waals surface area contributed by atoms with E-state index in [0.717, 1.165) is 128 Å². The van der Waals surface area contributed by atoms with E-state index < -0.39 is 91.5 Å². The van der Waals surface area contributed by atoms with E-state index in [1.807, 2.05) is 0 Å². The average Bonchev–Trinajstić information content (AvgIpc) is 0.940. The second kappa shape index (κ2) is 75.9. The summed E-state index contributed by atoms with van der Waals surface area (Å²) in [5.74, 6) is -1.59. The third-order valence-corrected chi connectivity index (χ3v) is 18.9. The van der Waals surface area contributed by atoms with Gasteiger partial charge in [-0.3, -0.25) is 32.5 Å². The van der Waals surface area contributed by atoms with Crippen LogP contribution in [0, 0.1) is 0 Å². The molecular weight excluding hydrogens is 1310 g/mol. The fraction of sp³-hybridized carbons (Fsp3) is 0.747. The van der Waals surface area contributed by atoms with Gasteiger partial charge >= 0.3 is 33.6 Å². The van der Waals surface area contributed by atoms with Gasteiger partial charge in [0, 0.05) is 19.3 Å². The number of hydrogen-bond acceptors (Lipinski definition) is 14. The van der Waals surface area contributed by atoms with Gasteiger partial charge in [0.25, 0.3) is 0 Å². The van der Waals surface area contributed by atoms with Gasteiger partial charge in [-0.15, -0.1) is 0 Å². The largest absolute Gasteiger partial charge is 0.472 e. The summed E-state index contributed by atoms with van der Waals surface area (Å²) in [5, 5.41) is 20.6. The van der Waals surface area contributed by atoms with Crippen molar-refractivity contribution in [2.24, 2.45) is 0 Å². The molecule has 584 valence electrons. The fourth-order valence-electron chi connectivity index (χ4n) is 10.9. The summed E-state index contributed by atoms with van der Waals surface area (Å²) in [6, 6.07) is 0. The maximum Gasteiger partial charge on any atom is 0.472 e. The molecule has 0 aliphatic rings. The summed E-state index contributed by atoms with van der Waals surface area (Å²) in [6.07, 6.45) is 88.8. The van der Waals surface area contributed by atoms with Crippen molar-refractivity contribution in [3.05, 3.63) is 109 Å². The van der Waals surface area contributed by atoms with Crippen LogP contribution in [0.2, 0.25) is 0 Å². The number of esters is 3. The molecule has 4 N–H and O–H groups in total. The van der Waals surface area contributed by atoms with Crippen molar-refractivity contribution >= 4 is 33.6 Å². The molecule has 0 amide bonds. The van der Waals surface area contributed by atoms with Crippen molar-refractivity contribution in [3.63, 3.8) is 0 Å². The molecule has 101 heavy (non-hydrogen) atoms. The minimum absolute atomic E-state index is 0.102. The molecule has 16 nitrogen and oxygen atoms in total. The molecule has 0 saturated heterocycles. The van der Waals surface area contributed by atoms with E-state index in [4.69, 9.17) is 32.3 Å². The SMILES string of the molecule is CC/C=C\C/C=C\C/C=C\C/C=C\C/C=C\CCCCCCCCCCCCCCCCCCCCCC(=O)OCC(O)COP(=O)(O)OCC(O)COP(=O)(O)OCC(COC(=O)CCCCCC/C=C\C/C=C\C/C=C\C/C=C\CC)OC(=O)CCCCCCCCCCCCCCC. The fourth-order valence-corrected chi connectivity index (χ4v) is 12.5. The standard InChI is InChI=1S/C83H146O16P2/c1-4-7-10-13-16-19-22-25-27-29-30-31-32-33-34-35-36-37-38-39-40-41-42-43-44-45-46-48-50-52-54-57-60-63-66-69-81(86)93-72-78(84)73-95-100(89,90)96-74-79(85)75-97-101(91,92)98-77-80(99-83(88)71-68-65-62-59-56-51-24-21-18-15-12-9-6-3)76-94-82(87)70-67-64-61-58-55-53-49-47-28-26-23-20-17-14-11-8-5-2/h7-8,10-11,16-17,19-20,25-28,30-31,33-34,49,53,78-80,84-85H,4-6,9,12-15,18,21-24,29,32,35-48,50-52,54-77H2,1-3H3,(H,89,90)(H,91,92)/b10-7-,11-8-,19-16-,20-17-,27-25-,28-26-,31-30-,34-33-,53-49-. The smallest absolute Gasteiger partial charge is 0.463 e. The van der Waals surface area contributed by atoms with E-state index in [1.54, 1.807) is 0 Å². The summed E-state index contributed by atoms with van der Waals surface area (Å²) < 4.78 is 61.1. The first-order valence-electron chi connectivity index (χ1n) is 40.2. The van der Waals surface area contributed by atoms with E-state index in [-0.39, 0.29) is 19.3 Å². The van der Waals surface area contributed by atoms with Crippen LogP contribution in [0.5, 0.6) is 0 Å². The number of unbranched alkanes of at least 4 members (excludes halogenated alkanes) is 35. The molecule has 0 aromatic rings. The highest BCUT2D eigenvalue weighted by Crippen LogP contribution is 2.45. The Bertz CT molecular complexity index is 2270. The van der Waals surface area contributed by atoms with Crippen molar-refractivity contribution in [3.8, 4) is 0 Å². The number of carbonyl (C=O) groups is 3. The van der Waals surface area contributed by atoms with E-state index in [1.165, 1.54) is 154 Å². The highest BCUT2D eigenvalue weighted by molar-refractivity contribution is 7.47. The lowest BCUT2D eigenvalue weighted by atomic mass is 10.0. The van der Waals surface area contributed by atoms with Gasteiger partial charge in [-0.05, 0) is 103 Å². The average molecular weight is 1460 g/mol. The lowest BCUT2D eigenvalue weighted by Crippen LogP contribution is -2.30. The van der Waals surface area contributed by atoms with Crippen molar-refractivity contribution in [2.75, 3.05) is 39.6 Å². The molecule has 0 radical (unpaired) electrons. The molecule has 0 fully saturated rings. The Balaban J connectivity index is 4.34. The lowest BCUT2D eigenvalue weighted by molar-refractivity contribution is -0.161. The molecule has 5 unspecified atom stereocenters. The highest BCUT2D eigenvalue weighted by atomic mass is 31.2. The molecule has 18 heteroatoms. The summed E-state index contributed by atoms with van der Waals surface area (Å²) >= 11 is 0. The van der Waals surface area contributed by atoms with E-state index in [9.17, 15) is 43.5 Å². The number of aliphatic hydroxyl groups is 2. The monoisotopic (exact) mass is 1460 g/mol. The number of hydrogen-bond donors (Lipinski definition) is 4. The van der Waals surface area contributed by atoms with Gasteiger partial charge in [0.05, 0.1) is 26.4 Å². The Labute approximate surface area is 615 Å². The number of phosphoric acid groups is 2. The first kappa shape index (κ1) is 97.2. The van der Waals surface area contributed by atoms with E-state index in [0.29, 0.717) is 19.3 Å². The number of ether oxygens (including phenoxy) is 3. The van der Waals surface area contributed by atoms with Crippen molar-refractivity contribution in [1.29, 1.82) is 0 Å². The van der Waals surface area contributed by atoms with Crippen LogP contribution in [0.4, 0.5) is 0 Å². The zero-order valence-corrected chi connectivity index (χ0v) is 65.6. The molecule has 0 rings (SSSR count). The molecular formula is C83H146O16P2. The molecule has 0 saturated carbocycles. The summed E-state index contributed by atoms with van der Waals surface area (Å²) in [5.41, 5.74) is 0. The molecule has 0 aliphatic heterocycles. The first-order valence-corrected chi connectivity index (χ1v) is 43.2. The summed E-state index contributed by atoms with van der Waals surface area (Å²) in [7, 11) is -9.78. The summed E-state index contributed by atoms with van der Waals surface area (Å²) in [6.45, 7) is 2.46. The quantitative estimate of drug-likeness (QED) is 0.0146. The second-order valence-corrected chi connectivity index (χ2v) is 29.7. The molecule has 0 spiro atoms. The Morgan fingerprint density at radius 2 is 0.525 bits per heavy atom. The molecule has 0 aromatic carbocycles. The van der Waals surface area contributed by atoms with Crippen LogP contribution in [0.1, 0.15) is 342 Å². The van der Waals surface area contributed by atoms with Gasteiger partial charge in [-0.1, -0.05) is 329 Å². The second-order valence-electron chi connectivity index (χ2n) is 26.8. The van der Waals surface area contributed by atoms with Crippen LogP contribution in [0.25, 0.3) is 0 Å². The molecule has 0 aromatic heterocycles. The van der Waals surface area contributed by atoms with Crippen molar-refractivity contribution in [1.82, 2.24) is 0 Å². The molecule has 5 atom stereocenters. The number of carbonyl (C=O) groups excluding carboxylic acids is 3. The Kier molecular flexibility index (Phi) is 73.0.